The molecule has 0 saturated heterocycles. The van der Waals surface area contributed by atoms with Gasteiger partial charge in [-0.05, 0) is 51.2 Å². The first-order valence-corrected chi connectivity index (χ1v) is 15.5. The quantitative estimate of drug-likeness (QED) is 0.235. The third kappa shape index (κ3) is 12.1. The van der Waals surface area contributed by atoms with Crippen molar-refractivity contribution in [1.82, 2.24) is 0 Å². The van der Waals surface area contributed by atoms with Crippen LogP contribution in [0.1, 0.15) is 90.2 Å². The predicted molar refractivity (Wildman–Crippen MR) is 130 cm³/mol. The van der Waals surface area contributed by atoms with Crippen LogP contribution in [0.25, 0.3) is 0 Å². The second-order valence-electron chi connectivity index (χ2n) is 8.37. The number of hydrogen-bond acceptors (Lipinski definition) is 3. The smallest absolute Gasteiger partial charge is 0.124 e. The summed E-state index contributed by atoms with van der Waals surface area (Å²) < 4.78 is 31.8. The van der Waals surface area contributed by atoms with Gasteiger partial charge in [-0.25, -0.2) is 8.42 Å². The normalized spacial score (nSPS) is 11.8. The molecule has 29 heavy (non-hydrogen) atoms. The minimum absolute atomic E-state index is 0.131. The maximum atomic E-state index is 10.6. The number of unbranched alkanes of at least 4 members (excludes halogenated alkanes) is 4. The Hall–Kier alpha value is -0.440. The van der Waals surface area contributed by atoms with Gasteiger partial charge >= 0.3 is 0 Å². The molecule has 5 heteroatoms. The Morgan fingerprint density at radius 3 is 1.41 bits per heavy atom. The zero-order valence-corrected chi connectivity index (χ0v) is 21.5. The van der Waals surface area contributed by atoms with Gasteiger partial charge in [0, 0.05) is 7.26 Å². The maximum Gasteiger partial charge on any atom is 0.124 e. The second kappa shape index (κ2) is 15.4. The van der Waals surface area contributed by atoms with Crippen molar-refractivity contribution in [1.29, 1.82) is 0 Å². The van der Waals surface area contributed by atoms with Crippen molar-refractivity contribution in [2.24, 2.45) is 0 Å². The van der Waals surface area contributed by atoms with Crippen LogP contribution in [0.5, 0.6) is 0 Å². The van der Waals surface area contributed by atoms with Gasteiger partial charge in [0.15, 0.2) is 0 Å². The van der Waals surface area contributed by atoms with Gasteiger partial charge < -0.3 is 4.55 Å². The fourth-order valence-corrected chi connectivity index (χ4v) is 9.70. The van der Waals surface area contributed by atoms with Crippen LogP contribution in [0.3, 0.4) is 0 Å². The molecule has 0 aromatic heterocycles. The van der Waals surface area contributed by atoms with Crippen LogP contribution in [0.2, 0.25) is 0 Å². The Morgan fingerprint density at radius 2 is 1.14 bits per heavy atom. The molecule has 0 radical (unpaired) electrons. The maximum absolute atomic E-state index is 10.6. The van der Waals surface area contributed by atoms with E-state index in [4.69, 9.17) is 0 Å². The van der Waals surface area contributed by atoms with E-state index in [1.165, 1.54) is 57.4 Å². The average Bonchev–Trinajstić information content (AvgIpc) is 2.66. The molecule has 0 fully saturated rings. The lowest BCUT2D eigenvalue weighted by Crippen LogP contribution is -2.12. The van der Waals surface area contributed by atoms with Crippen molar-refractivity contribution in [2.45, 2.75) is 97.8 Å². The molecule has 0 aliphatic carbocycles. The molecule has 0 atom stereocenters. The summed E-state index contributed by atoms with van der Waals surface area (Å²) in [5.74, 6) is 0. The molecule has 3 nitrogen and oxygen atoms in total. The molecule has 0 amide bonds. The van der Waals surface area contributed by atoms with E-state index >= 15 is 0 Å². The first kappa shape index (κ1) is 28.6. The zero-order valence-electron chi connectivity index (χ0n) is 19.8. The van der Waals surface area contributed by atoms with Crippen LogP contribution in [-0.4, -0.2) is 37.6 Å². The predicted octanol–water partition coefficient (Wildman–Crippen LogP) is 7.41. The summed E-state index contributed by atoms with van der Waals surface area (Å²) in [5, 5.41) is 0. The molecule has 0 bridgehead atoms. The lowest BCUT2D eigenvalue weighted by molar-refractivity contribution is 0.462. The number of rotatable bonds is 13. The Labute approximate surface area is 182 Å². The summed E-state index contributed by atoms with van der Waals surface area (Å²) in [5.41, 5.74) is 1.45. The van der Waals surface area contributed by atoms with Crippen LogP contribution in [-0.2, 0) is 10.1 Å². The average molecular weight is 445 g/mol. The van der Waals surface area contributed by atoms with Crippen molar-refractivity contribution in [3.8, 4) is 0 Å². The van der Waals surface area contributed by atoms with E-state index in [1.807, 2.05) is 6.92 Å². The fourth-order valence-electron chi connectivity index (χ4n) is 3.72. The summed E-state index contributed by atoms with van der Waals surface area (Å²) in [6.07, 6.45) is 17.9. The van der Waals surface area contributed by atoms with Crippen LogP contribution in [0, 0.1) is 13.8 Å². The molecule has 0 aliphatic heterocycles. The fraction of sp³-hybridized carbons (Fsp3) is 0.750. The SMILES string of the molecule is CCCC[P+](CCCC)(CCCC)CCCC.Cc1ccc(S(=O)(=O)[O-])c(C)c1. The van der Waals surface area contributed by atoms with Gasteiger partial charge in [-0.15, -0.1) is 0 Å². The van der Waals surface area contributed by atoms with Gasteiger partial charge in [-0.1, -0.05) is 71.1 Å². The highest BCUT2D eigenvalue weighted by atomic mass is 32.2. The van der Waals surface area contributed by atoms with E-state index in [2.05, 4.69) is 27.7 Å². The highest BCUT2D eigenvalue weighted by Crippen LogP contribution is 2.61. The topological polar surface area (TPSA) is 57.2 Å². The molecular formula is C24H45O3PS. The molecule has 170 valence electrons. The molecule has 0 heterocycles. The molecule has 0 spiro atoms. The number of hydrogen-bond donors (Lipinski definition) is 0. The molecule has 1 aromatic rings. The van der Waals surface area contributed by atoms with Gasteiger partial charge in [0.25, 0.3) is 0 Å². The standard InChI is InChI=1S/C16H36P.C8H10O3S/c1-5-9-13-17(14-10-6-2,15-11-7-3)16-12-8-4;1-6-3-4-8(7(2)5-6)12(9,10)11/h5-16H2,1-4H3;3-5H,1-2H3,(H,9,10,11)/q+1;/p-1. The Balaban J connectivity index is 0.000000571. The van der Waals surface area contributed by atoms with Crippen LogP contribution < -0.4 is 0 Å². The lowest BCUT2D eigenvalue weighted by atomic mass is 10.2. The zero-order chi connectivity index (χ0) is 22.3. The van der Waals surface area contributed by atoms with Crippen molar-refractivity contribution in [3.05, 3.63) is 29.3 Å². The molecule has 0 aliphatic rings. The van der Waals surface area contributed by atoms with Crippen molar-refractivity contribution >= 4 is 17.4 Å². The largest absolute Gasteiger partial charge is 0.744 e. The van der Waals surface area contributed by atoms with E-state index in [0.717, 1.165) is 5.56 Å². The van der Waals surface area contributed by atoms with Gasteiger partial charge in [-0.3, -0.25) is 0 Å². The molecule has 0 saturated carbocycles. The molecule has 0 N–H and O–H groups in total. The molecule has 1 rings (SSSR count). The van der Waals surface area contributed by atoms with Gasteiger partial charge in [0.2, 0.25) is 0 Å². The van der Waals surface area contributed by atoms with Crippen molar-refractivity contribution < 1.29 is 13.0 Å². The van der Waals surface area contributed by atoms with Crippen LogP contribution in [0.15, 0.2) is 23.1 Å². The van der Waals surface area contributed by atoms with E-state index in [9.17, 15) is 13.0 Å². The van der Waals surface area contributed by atoms with E-state index in [1.54, 1.807) is 43.7 Å². The highest BCUT2D eigenvalue weighted by Gasteiger charge is 2.34. The van der Waals surface area contributed by atoms with E-state index in [-0.39, 0.29) is 4.90 Å². The Kier molecular flexibility index (Phi) is 15.1. The minimum Gasteiger partial charge on any atom is -0.744 e. The summed E-state index contributed by atoms with van der Waals surface area (Å²) >= 11 is 0. The highest BCUT2D eigenvalue weighted by molar-refractivity contribution is 7.85. The number of benzene rings is 1. The van der Waals surface area contributed by atoms with Crippen LogP contribution in [0.4, 0.5) is 0 Å². The summed E-state index contributed by atoms with van der Waals surface area (Å²) in [6, 6.07) is 4.62. The van der Waals surface area contributed by atoms with Crippen molar-refractivity contribution in [3.63, 3.8) is 0 Å². The van der Waals surface area contributed by atoms with E-state index < -0.39 is 17.4 Å². The molecule has 0 unspecified atom stereocenters. The summed E-state index contributed by atoms with van der Waals surface area (Å²) in [7, 11) is -4.86. The monoisotopic (exact) mass is 444 g/mol. The van der Waals surface area contributed by atoms with Gasteiger partial charge in [0.05, 0.1) is 29.5 Å². The Morgan fingerprint density at radius 1 is 0.759 bits per heavy atom. The first-order chi connectivity index (χ1) is 13.7. The third-order valence-corrected chi connectivity index (χ3v) is 11.6. The van der Waals surface area contributed by atoms with Crippen LogP contribution >= 0.6 is 7.26 Å². The Bertz CT molecular complexity index is 619. The first-order valence-electron chi connectivity index (χ1n) is 11.5. The van der Waals surface area contributed by atoms with Gasteiger partial charge in [-0.2, -0.15) is 0 Å². The summed E-state index contributed by atoms with van der Waals surface area (Å²) in [6.45, 7) is 12.9. The lowest BCUT2D eigenvalue weighted by Gasteiger charge is -2.28. The molecule has 1 aromatic carbocycles. The third-order valence-electron chi connectivity index (χ3n) is 5.54. The molecular weight excluding hydrogens is 399 g/mol. The summed E-state index contributed by atoms with van der Waals surface area (Å²) in [4.78, 5) is -0.131. The number of aryl methyl sites for hydroxylation is 2. The second-order valence-corrected chi connectivity index (χ2v) is 14.2. The van der Waals surface area contributed by atoms with Gasteiger partial charge in [0.1, 0.15) is 10.1 Å². The van der Waals surface area contributed by atoms with E-state index in [0.29, 0.717) is 5.56 Å². The van der Waals surface area contributed by atoms with Crippen molar-refractivity contribution in [2.75, 3.05) is 24.6 Å². The minimum atomic E-state index is -4.30.